The monoisotopic (exact) mass is 461 g/mol. The number of likely N-dealkylation sites (tertiary alicyclic amines) is 1. The molecule has 0 aromatic carbocycles. The van der Waals surface area contributed by atoms with Crippen LogP contribution < -0.4 is 9.64 Å². The first-order valence-electron chi connectivity index (χ1n) is 10.6. The van der Waals surface area contributed by atoms with Gasteiger partial charge in [-0.1, -0.05) is 0 Å². The molecule has 2 aliphatic heterocycles. The van der Waals surface area contributed by atoms with Gasteiger partial charge < -0.3 is 19.3 Å². The van der Waals surface area contributed by atoms with Crippen LogP contribution in [0.15, 0.2) is 29.6 Å². The molecule has 1 saturated heterocycles. The lowest BCUT2D eigenvalue weighted by Gasteiger charge is -2.32. The van der Waals surface area contributed by atoms with E-state index in [9.17, 15) is 13.2 Å². The van der Waals surface area contributed by atoms with Crippen LogP contribution in [0, 0.1) is 0 Å². The standard InChI is InChI=1S/C21H27N5O5S/c1-14(2)30-21(27)25-9-6-15(7-10-25)31-20-17-8-11-26(19(17)23-13-24-20)18-5-4-16(12-22-18)32(3,28)29/h4-5,12-15H,6-11H2,1-3H3. The van der Waals surface area contributed by atoms with E-state index >= 15 is 0 Å². The molecule has 1 fully saturated rings. The van der Waals surface area contributed by atoms with Gasteiger partial charge in [0.2, 0.25) is 5.88 Å². The fraction of sp³-hybridized carbons (Fsp3) is 0.524. The Morgan fingerprint density at radius 1 is 1.12 bits per heavy atom. The zero-order chi connectivity index (χ0) is 22.9. The molecule has 0 saturated carbocycles. The number of carbonyl (C=O) groups is 1. The number of ether oxygens (including phenoxy) is 2. The molecule has 0 aliphatic carbocycles. The van der Waals surface area contributed by atoms with E-state index in [1.807, 2.05) is 18.7 Å². The van der Waals surface area contributed by atoms with Gasteiger partial charge in [-0.25, -0.2) is 28.2 Å². The second kappa shape index (κ2) is 8.89. The van der Waals surface area contributed by atoms with Crippen molar-refractivity contribution < 1.29 is 22.7 Å². The van der Waals surface area contributed by atoms with Crippen LogP contribution in [0.5, 0.6) is 5.88 Å². The summed E-state index contributed by atoms with van der Waals surface area (Å²) in [6.07, 6.45) is 5.61. The highest BCUT2D eigenvalue weighted by molar-refractivity contribution is 7.90. The van der Waals surface area contributed by atoms with Gasteiger partial charge in [0.1, 0.15) is 24.1 Å². The lowest BCUT2D eigenvalue weighted by Crippen LogP contribution is -2.42. The quantitative estimate of drug-likeness (QED) is 0.662. The number of rotatable bonds is 5. The third-order valence-electron chi connectivity index (χ3n) is 5.46. The average Bonchev–Trinajstić information content (AvgIpc) is 3.18. The number of pyridine rings is 1. The van der Waals surface area contributed by atoms with E-state index in [0.717, 1.165) is 11.8 Å². The van der Waals surface area contributed by atoms with Crippen molar-refractivity contribution in [3.8, 4) is 5.88 Å². The van der Waals surface area contributed by atoms with Crippen LogP contribution in [0.3, 0.4) is 0 Å². The van der Waals surface area contributed by atoms with Gasteiger partial charge in [-0.2, -0.15) is 0 Å². The highest BCUT2D eigenvalue weighted by Crippen LogP contribution is 2.36. The van der Waals surface area contributed by atoms with Gasteiger partial charge in [0.25, 0.3) is 0 Å². The smallest absolute Gasteiger partial charge is 0.410 e. The van der Waals surface area contributed by atoms with E-state index in [0.29, 0.717) is 56.4 Å². The van der Waals surface area contributed by atoms with Crippen LogP contribution in [0.4, 0.5) is 16.4 Å². The number of anilines is 2. The Morgan fingerprint density at radius 2 is 1.88 bits per heavy atom. The largest absolute Gasteiger partial charge is 0.474 e. The zero-order valence-corrected chi connectivity index (χ0v) is 19.2. The second-order valence-corrected chi connectivity index (χ2v) is 10.3. The number of hydrogen-bond donors (Lipinski definition) is 0. The predicted molar refractivity (Wildman–Crippen MR) is 117 cm³/mol. The molecule has 4 rings (SSSR count). The summed E-state index contributed by atoms with van der Waals surface area (Å²) in [5, 5.41) is 0. The summed E-state index contributed by atoms with van der Waals surface area (Å²) in [5.74, 6) is 1.89. The molecule has 0 unspecified atom stereocenters. The number of fused-ring (bicyclic) bond motifs is 1. The molecular formula is C21H27N5O5S. The summed E-state index contributed by atoms with van der Waals surface area (Å²) in [4.78, 5) is 29.0. The molecule has 0 bridgehead atoms. The summed E-state index contributed by atoms with van der Waals surface area (Å²) in [6.45, 7) is 5.47. The highest BCUT2D eigenvalue weighted by atomic mass is 32.2. The third-order valence-corrected chi connectivity index (χ3v) is 6.56. The van der Waals surface area contributed by atoms with Crippen molar-refractivity contribution >= 4 is 27.6 Å². The predicted octanol–water partition coefficient (Wildman–Crippen LogP) is 2.36. The molecule has 11 heteroatoms. The SMILES string of the molecule is CC(C)OC(=O)N1CCC(Oc2ncnc3c2CCN3c2ccc(S(C)(=O)=O)cn2)CC1. The molecule has 172 valence electrons. The van der Waals surface area contributed by atoms with Gasteiger partial charge >= 0.3 is 6.09 Å². The molecule has 1 amide bonds. The summed E-state index contributed by atoms with van der Waals surface area (Å²) < 4.78 is 34.8. The van der Waals surface area contributed by atoms with E-state index in [1.54, 1.807) is 17.0 Å². The summed E-state index contributed by atoms with van der Waals surface area (Å²) >= 11 is 0. The van der Waals surface area contributed by atoms with Gasteiger partial charge in [-0.05, 0) is 32.4 Å². The normalized spacial score (nSPS) is 16.9. The molecule has 10 nitrogen and oxygen atoms in total. The van der Waals surface area contributed by atoms with Crippen LogP contribution in [0.1, 0.15) is 32.3 Å². The number of nitrogens with zero attached hydrogens (tertiary/aromatic N) is 5. The Bertz CT molecular complexity index is 1080. The van der Waals surface area contributed by atoms with Crippen molar-refractivity contribution in [2.45, 2.75) is 50.2 Å². The summed E-state index contributed by atoms with van der Waals surface area (Å²) in [7, 11) is -3.30. The van der Waals surface area contributed by atoms with E-state index in [-0.39, 0.29) is 23.2 Å². The number of carbonyl (C=O) groups excluding carboxylic acids is 1. The topological polar surface area (TPSA) is 115 Å². The molecule has 2 aromatic rings. The van der Waals surface area contributed by atoms with Crippen molar-refractivity contribution in [3.63, 3.8) is 0 Å². The molecule has 0 radical (unpaired) electrons. The molecule has 0 N–H and O–H groups in total. The van der Waals surface area contributed by atoms with Gasteiger partial charge in [0.15, 0.2) is 9.84 Å². The zero-order valence-electron chi connectivity index (χ0n) is 18.4. The lowest BCUT2D eigenvalue weighted by atomic mass is 10.1. The van der Waals surface area contributed by atoms with E-state index in [1.165, 1.54) is 12.5 Å². The van der Waals surface area contributed by atoms with Crippen LogP contribution >= 0.6 is 0 Å². The maximum absolute atomic E-state index is 12.1. The average molecular weight is 462 g/mol. The Balaban J connectivity index is 1.43. The molecule has 32 heavy (non-hydrogen) atoms. The number of aromatic nitrogens is 3. The Morgan fingerprint density at radius 3 is 2.50 bits per heavy atom. The van der Waals surface area contributed by atoms with Crippen molar-refractivity contribution in [2.24, 2.45) is 0 Å². The van der Waals surface area contributed by atoms with Crippen molar-refractivity contribution in [2.75, 3.05) is 30.8 Å². The van der Waals surface area contributed by atoms with Crippen LogP contribution in [-0.4, -0.2) is 72.5 Å². The van der Waals surface area contributed by atoms with Crippen molar-refractivity contribution in [1.29, 1.82) is 0 Å². The lowest BCUT2D eigenvalue weighted by molar-refractivity contribution is 0.0505. The molecule has 0 spiro atoms. The maximum Gasteiger partial charge on any atom is 0.410 e. The van der Waals surface area contributed by atoms with E-state index in [2.05, 4.69) is 15.0 Å². The van der Waals surface area contributed by atoms with Crippen LogP contribution in [0.25, 0.3) is 0 Å². The van der Waals surface area contributed by atoms with Crippen molar-refractivity contribution in [1.82, 2.24) is 19.9 Å². The molecular weight excluding hydrogens is 434 g/mol. The second-order valence-electron chi connectivity index (χ2n) is 8.24. The fourth-order valence-corrected chi connectivity index (χ4v) is 4.39. The minimum Gasteiger partial charge on any atom is -0.474 e. The Labute approximate surface area is 187 Å². The van der Waals surface area contributed by atoms with Crippen LogP contribution in [-0.2, 0) is 21.0 Å². The highest BCUT2D eigenvalue weighted by Gasteiger charge is 2.30. The first kappa shape index (κ1) is 22.3. The fourth-order valence-electron chi connectivity index (χ4n) is 3.83. The molecule has 0 atom stereocenters. The maximum atomic E-state index is 12.1. The minimum absolute atomic E-state index is 0.0432. The molecule has 2 aliphatic rings. The Hall–Kier alpha value is -2.95. The number of sulfone groups is 1. The third kappa shape index (κ3) is 4.77. The Kier molecular flexibility index (Phi) is 6.18. The molecule has 4 heterocycles. The number of amides is 1. The molecule has 2 aromatic heterocycles. The first-order chi connectivity index (χ1) is 15.2. The van der Waals surface area contributed by atoms with E-state index < -0.39 is 9.84 Å². The van der Waals surface area contributed by atoms with Gasteiger partial charge in [0.05, 0.1) is 16.6 Å². The summed E-state index contributed by atoms with van der Waals surface area (Å²) in [5.41, 5.74) is 0.906. The number of piperidine rings is 1. The number of hydrogen-bond acceptors (Lipinski definition) is 9. The van der Waals surface area contributed by atoms with E-state index in [4.69, 9.17) is 9.47 Å². The van der Waals surface area contributed by atoms with Gasteiger partial charge in [0, 0.05) is 44.9 Å². The first-order valence-corrected chi connectivity index (χ1v) is 12.5. The van der Waals surface area contributed by atoms with Crippen molar-refractivity contribution in [3.05, 3.63) is 30.2 Å². The van der Waals surface area contributed by atoms with Crippen LogP contribution in [0.2, 0.25) is 0 Å². The minimum atomic E-state index is -3.30. The van der Waals surface area contributed by atoms with Gasteiger partial charge in [-0.15, -0.1) is 0 Å². The van der Waals surface area contributed by atoms with Gasteiger partial charge in [-0.3, -0.25) is 0 Å². The summed E-state index contributed by atoms with van der Waals surface area (Å²) in [6, 6.07) is 3.23.